The Kier molecular flexibility index (Phi) is 5.10. The van der Waals surface area contributed by atoms with Crippen molar-refractivity contribution >= 4 is 11.6 Å². The van der Waals surface area contributed by atoms with Gasteiger partial charge in [0.15, 0.2) is 0 Å². The molecule has 1 rings (SSSR count). The van der Waals surface area contributed by atoms with E-state index in [1.165, 1.54) is 0 Å². The maximum atomic E-state index is 6.12. The number of ether oxygens (including phenoxy) is 1. The zero-order valence-corrected chi connectivity index (χ0v) is 10.9. The molecule has 2 N–H and O–H groups in total. The topological polar surface area (TPSA) is 35.2 Å². The smallest absolute Gasteiger partial charge is 0.121 e. The van der Waals surface area contributed by atoms with Crippen LogP contribution < -0.4 is 10.5 Å². The first-order chi connectivity index (χ1) is 7.54. The Morgan fingerprint density at radius 3 is 2.56 bits per heavy atom. The summed E-state index contributed by atoms with van der Waals surface area (Å²) in [5.74, 6) is 0.815. The highest BCUT2D eigenvalue weighted by atomic mass is 35.5. The van der Waals surface area contributed by atoms with E-state index in [1.54, 1.807) is 0 Å². The monoisotopic (exact) mass is 241 g/mol. The largest absolute Gasteiger partial charge is 0.491 e. The van der Waals surface area contributed by atoms with Gasteiger partial charge in [0.2, 0.25) is 0 Å². The van der Waals surface area contributed by atoms with Gasteiger partial charge < -0.3 is 10.5 Å². The van der Waals surface area contributed by atoms with Gasteiger partial charge in [0.25, 0.3) is 0 Å². The summed E-state index contributed by atoms with van der Waals surface area (Å²) in [6.07, 6.45) is 2.39. The Morgan fingerprint density at radius 2 is 2.06 bits per heavy atom. The van der Waals surface area contributed by atoms with Crippen LogP contribution in [0.4, 0.5) is 0 Å². The Labute approximate surface area is 103 Å². The van der Waals surface area contributed by atoms with Crippen molar-refractivity contribution in [3.05, 3.63) is 28.8 Å². The van der Waals surface area contributed by atoms with Crippen LogP contribution in [0.2, 0.25) is 5.02 Å². The predicted molar refractivity (Wildman–Crippen MR) is 69.1 cm³/mol. The second-order valence-corrected chi connectivity index (χ2v) is 4.60. The van der Waals surface area contributed by atoms with E-state index in [1.807, 2.05) is 25.1 Å². The fourth-order valence-electron chi connectivity index (χ4n) is 1.65. The van der Waals surface area contributed by atoms with E-state index < -0.39 is 0 Å². The maximum Gasteiger partial charge on any atom is 0.121 e. The summed E-state index contributed by atoms with van der Waals surface area (Å²) < 4.78 is 5.75. The summed E-state index contributed by atoms with van der Waals surface area (Å²) in [6.45, 7) is 6.13. The average Bonchev–Trinajstić information content (AvgIpc) is 2.17. The van der Waals surface area contributed by atoms with E-state index in [0.717, 1.165) is 24.2 Å². The van der Waals surface area contributed by atoms with Gasteiger partial charge in [-0.1, -0.05) is 31.0 Å². The third-order valence-corrected chi connectivity index (χ3v) is 2.82. The zero-order valence-electron chi connectivity index (χ0n) is 10.2. The maximum absolute atomic E-state index is 6.12. The summed E-state index contributed by atoms with van der Waals surface area (Å²) in [4.78, 5) is 0. The van der Waals surface area contributed by atoms with Gasteiger partial charge in [-0.25, -0.2) is 0 Å². The fraction of sp³-hybridized carbons (Fsp3) is 0.538. The van der Waals surface area contributed by atoms with E-state index in [-0.39, 0.29) is 12.1 Å². The van der Waals surface area contributed by atoms with Gasteiger partial charge in [-0.2, -0.15) is 0 Å². The van der Waals surface area contributed by atoms with Crippen LogP contribution in [0.3, 0.4) is 0 Å². The first-order valence-electron chi connectivity index (χ1n) is 5.76. The Balaban J connectivity index is 2.73. The number of benzene rings is 1. The minimum atomic E-state index is -0.0467. The quantitative estimate of drug-likeness (QED) is 0.848. The summed E-state index contributed by atoms with van der Waals surface area (Å²) in [5.41, 5.74) is 6.74. The van der Waals surface area contributed by atoms with Crippen molar-refractivity contribution in [2.75, 3.05) is 0 Å². The highest BCUT2D eigenvalue weighted by molar-refractivity contribution is 6.31. The molecule has 2 unspecified atom stereocenters. The molecular weight excluding hydrogens is 222 g/mol. The fourth-order valence-corrected chi connectivity index (χ4v) is 1.99. The number of nitrogens with two attached hydrogens (primary N) is 1. The molecule has 0 bridgehead atoms. The molecule has 0 aliphatic rings. The summed E-state index contributed by atoms with van der Waals surface area (Å²) >= 11 is 6.12. The van der Waals surface area contributed by atoms with E-state index in [4.69, 9.17) is 22.1 Å². The zero-order chi connectivity index (χ0) is 12.1. The molecule has 0 aliphatic heterocycles. The van der Waals surface area contributed by atoms with Gasteiger partial charge in [0, 0.05) is 11.1 Å². The minimum Gasteiger partial charge on any atom is -0.491 e. The third-order valence-electron chi connectivity index (χ3n) is 2.49. The van der Waals surface area contributed by atoms with Crippen LogP contribution in [0.5, 0.6) is 5.75 Å². The molecule has 0 amide bonds. The first-order valence-corrected chi connectivity index (χ1v) is 6.14. The highest BCUT2D eigenvalue weighted by Crippen LogP contribution is 2.27. The highest BCUT2D eigenvalue weighted by Gasteiger charge is 2.08. The predicted octanol–water partition coefficient (Wildman–Crippen LogP) is 3.93. The molecule has 0 spiro atoms. The van der Waals surface area contributed by atoms with Gasteiger partial charge in [0.1, 0.15) is 5.75 Å². The SMILES string of the molecule is CCCC(C)Oc1ccc(C(C)N)c(Cl)c1. The van der Waals surface area contributed by atoms with Crippen LogP contribution in [0.1, 0.15) is 45.2 Å². The Morgan fingerprint density at radius 1 is 1.38 bits per heavy atom. The lowest BCUT2D eigenvalue weighted by Gasteiger charge is -2.15. The van der Waals surface area contributed by atoms with Gasteiger partial charge in [-0.05, 0) is 38.0 Å². The molecule has 0 fully saturated rings. The second kappa shape index (κ2) is 6.12. The standard InChI is InChI=1S/C13H20ClNO/c1-4-5-9(2)16-11-6-7-12(10(3)15)13(14)8-11/h6-10H,4-5,15H2,1-3H3. The number of rotatable bonds is 5. The summed E-state index contributed by atoms with van der Waals surface area (Å²) in [7, 11) is 0. The molecule has 0 saturated heterocycles. The Bertz CT molecular complexity index is 339. The Hall–Kier alpha value is -0.730. The molecule has 2 atom stereocenters. The van der Waals surface area contributed by atoms with Crippen LogP contribution in [-0.2, 0) is 0 Å². The molecule has 2 nitrogen and oxygen atoms in total. The first kappa shape index (κ1) is 13.3. The number of hydrogen-bond donors (Lipinski definition) is 1. The van der Waals surface area contributed by atoms with Crippen molar-refractivity contribution in [2.45, 2.75) is 45.8 Å². The van der Waals surface area contributed by atoms with Gasteiger partial charge >= 0.3 is 0 Å². The molecule has 0 saturated carbocycles. The van der Waals surface area contributed by atoms with Crippen molar-refractivity contribution in [1.29, 1.82) is 0 Å². The van der Waals surface area contributed by atoms with Gasteiger partial charge in [-0.15, -0.1) is 0 Å². The van der Waals surface area contributed by atoms with Crippen molar-refractivity contribution in [2.24, 2.45) is 5.73 Å². The lowest BCUT2D eigenvalue weighted by atomic mass is 10.1. The van der Waals surface area contributed by atoms with Gasteiger partial charge in [0.05, 0.1) is 6.10 Å². The number of halogens is 1. The van der Waals surface area contributed by atoms with Crippen molar-refractivity contribution in [1.82, 2.24) is 0 Å². The molecule has 1 aromatic carbocycles. The van der Waals surface area contributed by atoms with Crippen LogP contribution in [0.15, 0.2) is 18.2 Å². The van der Waals surface area contributed by atoms with Crippen molar-refractivity contribution in [3.63, 3.8) is 0 Å². The molecule has 0 heterocycles. The van der Waals surface area contributed by atoms with E-state index in [2.05, 4.69) is 13.8 Å². The van der Waals surface area contributed by atoms with Crippen molar-refractivity contribution < 1.29 is 4.74 Å². The molecular formula is C13H20ClNO. The van der Waals surface area contributed by atoms with Crippen LogP contribution in [0.25, 0.3) is 0 Å². The molecule has 1 aromatic rings. The lowest BCUT2D eigenvalue weighted by Crippen LogP contribution is -2.11. The van der Waals surface area contributed by atoms with E-state index in [0.29, 0.717) is 5.02 Å². The van der Waals surface area contributed by atoms with Crippen molar-refractivity contribution in [3.8, 4) is 5.75 Å². The number of hydrogen-bond acceptors (Lipinski definition) is 2. The third kappa shape index (κ3) is 3.69. The van der Waals surface area contributed by atoms with Crippen LogP contribution in [-0.4, -0.2) is 6.10 Å². The minimum absolute atomic E-state index is 0.0467. The molecule has 3 heteroatoms. The average molecular weight is 242 g/mol. The van der Waals surface area contributed by atoms with E-state index in [9.17, 15) is 0 Å². The van der Waals surface area contributed by atoms with Gasteiger partial charge in [-0.3, -0.25) is 0 Å². The normalized spacial score (nSPS) is 14.6. The molecule has 0 radical (unpaired) electrons. The summed E-state index contributed by atoms with van der Waals surface area (Å²) in [6, 6.07) is 5.65. The van der Waals surface area contributed by atoms with E-state index >= 15 is 0 Å². The molecule has 0 aliphatic carbocycles. The van der Waals surface area contributed by atoms with Crippen LogP contribution >= 0.6 is 11.6 Å². The summed E-state index contributed by atoms with van der Waals surface area (Å²) in [5, 5.41) is 0.677. The molecule has 0 aromatic heterocycles. The molecule has 90 valence electrons. The van der Waals surface area contributed by atoms with Crippen LogP contribution in [0, 0.1) is 0 Å². The second-order valence-electron chi connectivity index (χ2n) is 4.19. The molecule has 16 heavy (non-hydrogen) atoms. The lowest BCUT2D eigenvalue weighted by molar-refractivity contribution is 0.210.